The average molecular weight is 319 g/mol. The van der Waals surface area contributed by atoms with E-state index in [1.165, 1.54) is 12.8 Å². The van der Waals surface area contributed by atoms with Gasteiger partial charge in [0, 0.05) is 26.2 Å². The fourth-order valence-electron chi connectivity index (χ4n) is 3.39. The van der Waals surface area contributed by atoms with Gasteiger partial charge in [0.25, 0.3) is 0 Å². The molecule has 5 nitrogen and oxygen atoms in total. The highest BCUT2D eigenvalue weighted by molar-refractivity contribution is 5.75. The topological polar surface area (TPSA) is 58.3 Å². The van der Waals surface area contributed by atoms with Crippen molar-refractivity contribution in [1.29, 1.82) is 0 Å². The van der Waals surface area contributed by atoms with Crippen molar-refractivity contribution >= 4 is 17.3 Å². The highest BCUT2D eigenvalue weighted by Crippen LogP contribution is 2.32. The normalized spacial score (nSPS) is 18.7. The lowest BCUT2D eigenvalue weighted by Crippen LogP contribution is -2.37. The summed E-state index contributed by atoms with van der Waals surface area (Å²) in [6, 6.07) is 0. The largest absolute Gasteiger partial charge is 0.393 e. The molecular formula is C18H33N5. The van der Waals surface area contributed by atoms with Gasteiger partial charge >= 0.3 is 0 Å². The molecule has 0 aliphatic carbocycles. The molecule has 0 amide bonds. The molecule has 1 saturated heterocycles. The Kier molecular flexibility index (Phi) is 6.08. The third-order valence-corrected chi connectivity index (χ3v) is 4.27. The number of nitrogens with two attached hydrogens (primary N) is 1. The lowest BCUT2D eigenvalue weighted by molar-refractivity contribution is 0.444. The van der Waals surface area contributed by atoms with Crippen LogP contribution in [0.2, 0.25) is 0 Å². The Labute approximate surface area is 141 Å². The molecule has 1 aliphatic rings. The molecule has 1 atom stereocenters. The minimum absolute atomic E-state index is 0.571. The van der Waals surface area contributed by atoms with Crippen molar-refractivity contribution in [2.45, 2.75) is 47.5 Å². The average Bonchev–Trinajstić information content (AvgIpc) is 2.45. The fourth-order valence-corrected chi connectivity index (χ4v) is 3.39. The molecule has 0 radical (unpaired) electrons. The van der Waals surface area contributed by atoms with Crippen LogP contribution in [0.4, 0.5) is 17.3 Å². The SMILES string of the molecule is CC(C)CN(CC(C)C)c1ncnc(N2CCCC(C)C2)c1N. The van der Waals surface area contributed by atoms with Gasteiger partial charge in [-0.15, -0.1) is 0 Å². The molecule has 1 fully saturated rings. The Hall–Kier alpha value is -1.52. The van der Waals surface area contributed by atoms with Gasteiger partial charge in [-0.25, -0.2) is 9.97 Å². The standard InChI is InChI=1S/C18H33N5/c1-13(2)9-23(10-14(3)4)18-16(19)17(20-12-21-18)22-8-6-7-15(5)11-22/h12-15H,6-11,19H2,1-5H3. The molecule has 0 bridgehead atoms. The summed E-state index contributed by atoms with van der Waals surface area (Å²) in [6.45, 7) is 15.2. The van der Waals surface area contributed by atoms with Crippen molar-refractivity contribution in [3.8, 4) is 0 Å². The lowest BCUT2D eigenvalue weighted by atomic mass is 10.0. The van der Waals surface area contributed by atoms with Gasteiger partial charge in [0.05, 0.1) is 0 Å². The maximum Gasteiger partial charge on any atom is 0.157 e. The van der Waals surface area contributed by atoms with Crippen molar-refractivity contribution in [3.05, 3.63) is 6.33 Å². The van der Waals surface area contributed by atoms with E-state index in [0.29, 0.717) is 17.8 Å². The van der Waals surface area contributed by atoms with E-state index >= 15 is 0 Å². The van der Waals surface area contributed by atoms with E-state index in [0.717, 1.165) is 43.5 Å². The highest BCUT2D eigenvalue weighted by atomic mass is 15.3. The van der Waals surface area contributed by atoms with Gasteiger partial charge in [-0.2, -0.15) is 0 Å². The number of hydrogen-bond donors (Lipinski definition) is 1. The van der Waals surface area contributed by atoms with Crippen molar-refractivity contribution in [2.24, 2.45) is 17.8 Å². The highest BCUT2D eigenvalue weighted by Gasteiger charge is 2.23. The molecule has 2 rings (SSSR count). The third-order valence-electron chi connectivity index (χ3n) is 4.27. The molecule has 1 aromatic heterocycles. The maximum atomic E-state index is 6.50. The maximum absolute atomic E-state index is 6.50. The van der Waals surface area contributed by atoms with Gasteiger partial charge < -0.3 is 15.5 Å². The number of aromatic nitrogens is 2. The van der Waals surface area contributed by atoms with E-state index in [1.807, 2.05) is 0 Å². The van der Waals surface area contributed by atoms with Crippen LogP contribution in [0.15, 0.2) is 6.33 Å². The van der Waals surface area contributed by atoms with Crippen molar-refractivity contribution in [2.75, 3.05) is 41.7 Å². The van der Waals surface area contributed by atoms with Crippen LogP contribution in [0.1, 0.15) is 47.5 Å². The quantitative estimate of drug-likeness (QED) is 0.870. The van der Waals surface area contributed by atoms with Crippen LogP contribution in [0.5, 0.6) is 0 Å². The second kappa shape index (κ2) is 7.84. The van der Waals surface area contributed by atoms with E-state index in [2.05, 4.69) is 54.4 Å². The number of nitrogens with zero attached hydrogens (tertiary/aromatic N) is 4. The Balaban J connectivity index is 2.28. The van der Waals surface area contributed by atoms with Crippen molar-refractivity contribution in [1.82, 2.24) is 9.97 Å². The zero-order valence-corrected chi connectivity index (χ0v) is 15.4. The summed E-state index contributed by atoms with van der Waals surface area (Å²) >= 11 is 0. The molecule has 1 aromatic rings. The molecule has 1 unspecified atom stereocenters. The first-order chi connectivity index (χ1) is 10.9. The smallest absolute Gasteiger partial charge is 0.157 e. The first-order valence-corrected chi connectivity index (χ1v) is 8.98. The summed E-state index contributed by atoms with van der Waals surface area (Å²) in [5.74, 6) is 3.65. The van der Waals surface area contributed by atoms with Gasteiger partial charge in [-0.1, -0.05) is 34.6 Å². The molecule has 0 aromatic carbocycles. The molecule has 0 spiro atoms. The monoisotopic (exact) mass is 319 g/mol. The second-order valence-electron chi connectivity index (χ2n) is 7.82. The number of rotatable bonds is 6. The second-order valence-corrected chi connectivity index (χ2v) is 7.82. The van der Waals surface area contributed by atoms with E-state index in [4.69, 9.17) is 5.73 Å². The molecule has 2 N–H and O–H groups in total. The zero-order chi connectivity index (χ0) is 17.0. The number of piperidine rings is 1. The zero-order valence-electron chi connectivity index (χ0n) is 15.4. The van der Waals surface area contributed by atoms with Crippen LogP contribution in [0, 0.1) is 17.8 Å². The molecule has 0 saturated carbocycles. The van der Waals surface area contributed by atoms with Crippen LogP contribution < -0.4 is 15.5 Å². The molecular weight excluding hydrogens is 286 g/mol. The first kappa shape index (κ1) is 17.8. The van der Waals surface area contributed by atoms with E-state index in [-0.39, 0.29) is 0 Å². The fraction of sp³-hybridized carbons (Fsp3) is 0.778. The number of hydrogen-bond acceptors (Lipinski definition) is 5. The van der Waals surface area contributed by atoms with Gasteiger partial charge in [-0.3, -0.25) is 0 Å². The van der Waals surface area contributed by atoms with E-state index in [9.17, 15) is 0 Å². The Morgan fingerprint density at radius 2 is 1.87 bits per heavy atom. The van der Waals surface area contributed by atoms with Crippen LogP contribution in [-0.2, 0) is 0 Å². The summed E-state index contributed by atoms with van der Waals surface area (Å²) in [6.07, 6.45) is 4.18. The minimum Gasteiger partial charge on any atom is -0.393 e. The van der Waals surface area contributed by atoms with Gasteiger partial charge in [0.1, 0.15) is 12.0 Å². The van der Waals surface area contributed by atoms with Crippen molar-refractivity contribution < 1.29 is 0 Å². The van der Waals surface area contributed by atoms with Crippen LogP contribution in [-0.4, -0.2) is 36.1 Å². The summed E-state index contributed by atoms with van der Waals surface area (Å²) in [7, 11) is 0. The van der Waals surface area contributed by atoms with E-state index in [1.54, 1.807) is 6.33 Å². The Morgan fingerprint density at radius 3 is 2.43 bits per heavy atom. The van der Waals surface area contributed by atoms with Crippen molar-refractivity contribution in [3.63, 3.8) is 0 Å². The summed E-state index contributed by atoms with van der Waals surface area (Å²) in [4.78, 5) is 13.7. The summed E-state index contributed by atoms with van der Waals surface area (Å²) in [5.41, 5.74) is 7.24. The number of anilines is 3. The molecule has 1 aliphatic heterocycles. The Bertz CT molecular complexity index is 490. The van der Waals surface area contributed by atoms with E-state index < -0.39 is 0 Å². The van der Waals surface area contributed by atoms with Gasteiger partial charge in [0.15, 0.2) is 11.6 Å². The minimum atomic E-state index is 0.571. The Morgan fingerprint density at radius 1 is 1.22 bits per heavy atom. The molecule has 2 heterocycles. The summed E-state index contributed by atoms with van der Waals surface area (Å²) < 4.78 is 0. The molecule has 5 heteroatoms. The lowest BCUT2D eigenvalue weighted by Gasteiger charge is -2.34. The molecule has 23 heavy (non-hydrogen) atoms. The van der Waals surface area contributed by atoms with Crippen LogP contribution in [0.3, 0.4) is 0 Å². The number of nitrogen functional groups attached to an aromatic ring is 1. The summed E-state index contributed by atoms with van der Waals surface area (Å²) in [5, 5.41) is 0. The van der Waals surface area contributed by atoms with Crippen LogP contribution in [0.25, 0.3) is 0 Å². The van der Waals surface area contributed by atoms with Gasteiger partial charge in [-0.05, 0) is 30.6 Å². The predicted octanol–water partition coefficient (Wildman–Crippen LogP) is 3.41. The predicted molar refractivity (Wildman–Crippen MR) is 98.9 cm³/mol. The van der Waals surface area contributed by atoms with Gasteiger partial charge in [0.2, 0.25) is 0 Å². The molecule has 130 valence electrons. The third kappa shape index (κ3) is 4.72. The first-order valence-electron chi connectivity index (χ1n) is 8.98. The van der Waals surface area contributed by atoms with Crippen LogP contribution >= 0.6 is 0 Å².